The lowest BCUT2D eigenvalue weighted by molar-refractivity contribution is -0.697. The lowest BCUT2D eigenvalue weighted by atomic mass is 10.2. The Hall–Kier alpha value is -7.75. The Bertz CT molecular complexity index is 3030. The van der Waals surface area contributed by atoms with Crippen molar-refractivity contribution in [3.8, 4) is 0 Å². The largest absolute Gasteiger partial charge is 1.00 e. The van der Waals surface area contributed by atoms with Gasteiger partial charge < -0.3 is 26.8 Å². The third kappa shape index (κ3) is 23.7. The first-order valence-electron chi connectivity index (χ1n) is 27.2. The molecule has 0 aliphatic rings. The summed E-state index contributed by atoms with van der Waals surface area (Å²) in [7, 11) is 12.0. The van der Waals surface area contributed by atoms with Gasteiger partial charge in [0.2, 0.25) is 0 Å². The molecule has 3 heterocycles. The molecule has 15 heteroatoms. The predicted molar refractivity (Wildman–Crippen MR) is 332 cm³/mol. The molecule has 0 radical (unpaired) electrons. The highest BCUT2D eigenvalue weighted by Gasteiger charge is 2.10. The predicted octanol–water partition coefficient (Wildman–Crippen LogP) is 12.0. The van der Waals surface area contributed by atoms with E-state index in [1.165, 1.54) is 38.5 Å². The quantitative estimate of drug-likeness (QED) is 0.0142. The van der Waals surface area contributed by atoms with E-state index in [1.54, 1.807) is 0 Å². The lowest BCUT2D eigenvalue weighted by Crippen LogP contribution is -3.00. The Morgan fingerprint density at radius 3 is 1.16 bits per heavy atom. The van der Waals surface area contributed by atoms with Crippen LogP contribution in [0, 0.1) is 0 Å². The number of hydrogen-bond donors (Lipinski definition) is 0. The maximum absolute atomic E-state index is 4.54. The number of rotatable bonds is 25. The number of halogens is 2. The number of anilines is 4. The minimum absolute atomic E-state index is 0. The van der Waals surface area contributed by atoms with Crippen molar-refractivity contribution in [2.24, 2.45) is 30.7 Å². The molecule has 0 fully saturated rings. The molecule has 0 unspecified atom stereocenters. The van der Waals surface area contributed by atoms with E-state index in [0.29, 0.717) is 0 Å². The van der Waals surface area contributed by atoms with Crippen LogP contribution in [0.25, 0.3) is 0 Å². The second kappa shape index (κ2) is 36.4. The number of hydrogen-bond acceptors (Lipinski definition) is 10. The maximum Gasteiger partial charge on any atom is 0.350 e. The van der Waals surface area contributed by atoms with Gasteiger partial charge in [0.15, 0.2) is 24.8 Å². The Balaban J connectivity index is 0.000000242. The van der Waals surface area contributed by atoms with Gasteiger partial charge in [-0.25, -0.2) is 13.7 Å². The fourth-order valence-corrected chi connectivity index (χ4v) is 8.31. The van der Waals surface area contributed by atoms with Crippen molar-refractivity contribution in [3.63, 3.8) is 0 Å². The summed E-state index contributed by atoms with van der Waals surface area (Å²) < 4.78 is 6.67. The molecule has 0 aliphatic heterocycles. The van der Waals surface area contributed by atoms with Gasteiger partial charge in [-0.1, -0.05) is 83.0 Å². The van der Waals surface area contributed by atoms with Crippen molar-refractivity contribution >= 4 is 74.0 Å². The molecular formula is C65H79Br2N13+2. The summed E-state index contributed by atoms with van der Waals surface area (Å²) in [4.78, 5) is 4.13. The van der Waals surface area contributed by atoms with Crippen LogP contribution in [0.3, 0.4) is 0 Å². The number of aromatic nitrogens is 3. The molecule has 0 atom stereocenters. The van der Waals surface area contributed by atoms with E-state index < -0.39 is 0 Å². The fourth-order valence-electron chi connectivity index (χ4n) is 7.91. The SMILES string of the molecule is CN(/N=C/c1cc[n+](CCCCCCBr)cc1)c1ccccc1.CN(C)c1ccc(N=Nc2cccc[n+]2CCCCCC[n+]2ccc(/C=N/N(C)c3ccccc3)cc2)cc1.CN(C)c1ccc(N=Nc2ccccc2)cc1.[Br-]. The highest BCUT2D eigenvalue weighted by atomic mass is 79.9. The van der Waals surface area contributed by atoms with Gasteiger partial charge in [-0.3, -0.25) is 10.0 Å². The molecule has 0 N–H and O–H groups in total. The molecule has 80 heavy (non-hydrogen) atoms. The minimum atomic E-state index is 0. The van der Waals surface area contributed by atoms with Gasteiger partial charge >= 0.3 is 5.82 Å². The summed E-state index contributed by atoms with van der Waals surface area (Å²) in [5, 5.41) is 31.2. The molecule has 0 aliphatic carbocycles. The van der Waals surface area contributed by atoms with E-state index in [4.69, 9.17) is 0 Å². The Morgan fingerprint density at radius 1 is 0.362 bits per heavy atom. The standard InChI is InChI=1S/C32H39N7.C19H25BrN3.C14H15N3.BrH/c1-36(2)30-18-16-29(17-19-30)34-35-32-15-9-12-24-39(32)23-11-5-4-10-22-38-25-20-28(21-26-38)27-33-37(3)31-13-7-6-8-14-31;1-22(19-9-5-4-6-10-19)21-17-18-11-15-23(16-12-18)14-8-3-2-7-13-20;1-17(2)14-10-8-13(9-11-14)16-15-12-6-4-3-5-7-12;/h6-9,12-21,24-27H,4-5,10-11,22-23H2,1-3H3;4-6,9-12,15-17H,2-3,7-8,13-14H2,1H3;3-11H,1-2H3;1H/q+2;+1;;/p-1. The van der Waals surface area contributed by atoms with Crippen molar-refractivity contribution < 1.29 is 30.7 Å². The normalized spacial score (nSPS) is 11.0. The summed E-state index contributed by atoms with van der Waals surface area (Å²) in [6.45, 7) is 3.04. The second-order valence-electron chi connectivity index (χ2n) is 19.3. The number of alkyl halides is 1. The van der Waals surface area contributed by atoms with Gasteiger partial charge in [0.05, 0.1) is 53.0 Å². The van der Waals surface area contributed by atoms with Crippen molar-refractivity contribution in [1.29, 1.82) is 0 Å². The number of benzene rings is 5. The number of unbranched alkanes of at least 4 members (excludes halogenated alkanes) is 6. The molecule has 5 aromatic carbocycles. The third-order valence-corrected chi connectivity index (χ3v) is 13.2. The molecule has 13 nitrogen and oxygen atoms in total. The van der Waals surface area contributed by atoms with E-state index >= 15 is 0 Å². The smallest absolute Gasteiger partial charge is 0.350 e. The zero-order valence-electron chi connectivity index (χ0n) is 47.4. The van der Waals surface area contributed by atoms with Crippen LogP contribution in [-0.2, 0) is 19.6 Å². The van der Waals surface area contributed by atoms with E-state index in [9.17, 15) is 0 Å². The number of nitrogens with zero attached hydrogens (tertiary/aromatic N) is 13. The summed E-state index contributed by atoms with van der Waals surface area (Å²) in [6, 6.07) is 60.6. The van der Waals surface area contributed by atoms with Crippen LogP contribution < -0.4 is 50.5 Å². The zero-order valence-corrected chi connectivity index (χ0v) is 50.6. The van der Waals surface area contributed by atoms with Gasteiger partial charge in [0.1, 0.15) is 18.8 Å². The monoisotopic (exact) mass is 1200 g/mol. The van der Waals surface area contributed by atoms with Gasteiger partial charge in [-0.15, -0.1) is 0 Å². The molecule has 416 valence electrons. The number of azo groups is 2. The van der Waals surface area contributed by atoms with E-state index in [2.05, 4.69) is 144 Å². The van der Waals surface area contributed by atoms with Crippen LogP contribution in [0.15, 0.2) is 244 Å². The topological polar surface area (TPSA) is 98.8 Å². The van der Waals surface area contributed by atoms with Crippen LogP contribution in [0.2, 0.25) is 0 Å². The maximum atomic E-state index is 4.54. The summed E-state index contributed by atoms with van der Waals surface area (Å²) >= 11 is 3.47. The zero-order chi connectivity index (χ0) is 55.7. The summed E-state index contributed by atoms with van der Waals surface area (Å²) in [5.74, 6) is 0.878. The highest BCUT2D eigenvalue weighted by Crippen LogP contribution is 2.22. The average molecular weight is 1200 g/mol. The average Bonchev–Trinajstić information content (AvgIpc) is 3.49. The molecule has 8 rings (SSSR count). The number of para-hydroxylation sites is 2. The van der Waals surface area contributed by atoms with Crippen LogP contribution >= 0.6 is 15.9 Å². The summed E-state index contributed by atoms with van der Waals surface area (Å²) in [6.07, 6.45) is 24.2. The Morgan fingerprint density at radius 2 is 0.738 bits per heavy atom. The molecule has 8 aromatic rings. The molecule has 0 saturated carbocycles. The van der Waals surface area contributed by atoms with Crippen LogP contribution in [0.5, 0.6) is 0 Å². The lowest BCUT2D eigenvalue weighted by Gasteiger charge is -2.11. The highest BCUT2D eigenvalue weighted by molar-refractivity contribution is 9.09. The van der Waals surface area contributed by atoms with E-state index in [-0.39, 0.29) is 17.0 Å². The Labute approximate surface area is 494 Å². The first kappa shape index (κ1) is 63.1. The number of aryl methyl sites for hydroxylation is 3. The molecule has 0 amide bonds. The minimum Gasteiger partial charge on any atom is -1.00 e. The number of pyridine rings is 3. The first-order valence-corrected chi connectivity index (χ1v) is 28.4. The van der Waals surface area contributed by atoms with Gasteiger partial charge in [0, 0.05) is 113 Å². The molecule has 0 spiro atoms. The first-order chi connectivity index (χ1) is 38.6. The van der Waals surface area contributed by atoms with Crippen molar-refractivity contribution in [2.45, 2.75) is 71.0 Å². The number of hydrazone groups is 2. The van der Waals surface area contributed by atoms with Gasteiger partial charge in [0.25, 0.3) is 0 Å². The van der Waals surface area contributed by atoms with Crippen molar-refractivity contribution in [1.82, 2.24) is 0 Å². The molecular weight excluding hydrogens is 1120 g/mol. The Kier molecular flexibility index (Phi) is 28.7. The van der Waals surface area contributed by atoms with Crippen LogP contribution in [0.1, 0.15) is 62.5 Å². The van der Waals surface area contributed by atoms with Crippen LogP contribution in [-0.4, -0.2) is 60.0 Å². The fraction of sp³-hybridized carbons (Fsp3) is 0.277. The van der Waals surface area contributed by atoms with E-state index in [1.807, 2.05) is 204 Å². The van der Waals surface area contributed by atoms with Crippen molar-refractivity contribution in [3.05, 3.63) is 224 Å². The molecule has 3 aromatic heterocycles. The molecule has 0 saturated heterocycles. The third-order valence-electron chi connectivity index (χ3n) is 12.7. The van der Waals surface area contributed by atoms with Crippen LogP contribution in [0.4, 0.5) is 45.6 Å². The van der Waals surface area contributed by atoms with Gasteiger partial charge in [-0.05, 0) is 128 Å². The summed E-state index contributed by atoms with van der Waals surface area (Å²) in [5.41, 5.74) is 9.24. The van der Waals surface area contributed by atoms with Crippen molar-refractivity contribution in [2.75, 3.05) is 67.4 Å². The van der Waals surface area contributed by atoms with E-state index in [0.717, 1.165) is 94.6 Å². The second-order valence-corrected chi connectivity index (χ2v) is 20.1. The van der Waals surface area contributed by atoms with Gasteiger partial charge in [-0.2, -0.15) is 20.4 Å². The molecule has 0 bridgehead atoms.